The monoisotopic (exact) mass is 232 g/mol. The number of nitrogens with zero attached hydrogens (tertiary/aromatic N) is 1. The lowest BCUT2D eigenvalue weighted by Gasteiger charge is -2.41. The molecule has 0 aromatic heterocycles. The average Bonchev–Trinajstić information content (AvgIpc) is 2.56. The summed E-state index contributed by atoms with van der Waals surface area (Å²) < 4.78 is 0. The van der Waals surface area contributed by atoms with Crippen molar-refractivity contribution in [2.24, 2.45) is 0 Å². The quantitative estimate of drug-likeness (QED) is 0.699. The lowest BCUT2D eigenvalue weighted by molar-refractivity contribution is -0.137. The highest BCUT2D eigenvalue weighted by Crippen LogP contribution is 2.36. The zero-order valence-corrected chi connectivity index (χ0v) is 9.54. The second-order valence-corrected chi connectivity index (χ2v) is 5.06. The van der Waals surface area contributed by atoms with Gasteiger partial charge in [-0.1, -0.05) is 12.2 Å². The molecule has 1 fully saturated rings. The van der Waals surface area contributed by atoms with E-state index in [0.717, 1.165) is 11.4 Å². The van der Waals surface area contributed by atoms with Gasteiger partial charge in [0, 0.05) is 29.4 Å². The van der Waals surface area contributed by atoms with Crippen LogP contribution >= 0.6 is 11.8 Å². The van der Waals surface area contributed by atoms with E-state index in [0.29, 0.717) is 11.8 Å². The molecule has 0 bridgehead atoms. The summed E-state index contributed by atoms with van der Waals surface area (Å²) >= 11 is 1.83. The van der Waals surface area contributed by atoms with Crippen molar-refractivity contribution < 1.29 is 4.79 Å². The molecule has 3 aliphatic heterocycles. The van der Waals surface area contributed by atoms with Crippen molar-refractivity contribution in [3.05, 3.63) is 48.0 Å². The van der Waals surface area contributed by atoms with E-state index in [-0.39, 0.29) is 5.91 Å². The number of hydrogen-bond acceptors (Lipinski definition) is 3. The van der Waals surface area contributed by atoms with E-state index >= 15 is 0 Å². The lowest BCUT2D eigenvalue weighted by Crippen LogP contribution is -2.49. The first kappa shape index (κ1) is 9.78. The van der Waals surface area contributed by atoms with Gasteiger partial charge >= 0.3 is 0 Å². The zero-order valence-electron chi connectivity index (χ0n) is 8.72. The molecule has 0 radical (unpaired) electrons. The lowest BCUT2D eigenvalue weighted by atomic mass is 10.1. The number of thioether (sulfide) groups is 1. The van der Waals surface area contributed by atoms with Crippen LogP contribution in [0, 0.1) is 0 Å². The predicted molar refractivity (Wildman–Crippen MR) is 65.3 cm³/mol. The molecule has 4 heteroatoms. The van der Waals surface area contributed by atoms with E-state index in [2.05, 4.69) is 5.32 Å². The van der Waals surface area contributed by atoms with E-state index in [9.17, 15) is 4.79 Å². The van der Waals surface area contributed by atoms with Crippen molar-refractivity contribution in [3.8, 4) is 0 Å². The number of carbonyl (C=O) groups excluding carboxylic acids is 1. The maximum Gasteiger partial charge on any atom is 0.230 e. The second kappa shape index (κ2) is 3.87. The van der Waals surface area contributed by atoms with E-state index in [1.54, 1.807) is 0 Å². The van der Waals surface area contributed by atoms with Gasteiger partial charge in [0.1, 0.15) is 0 Å². The third-order valence-electron chi connectivity index (χ3n) is 2.84. The van der Waals surface area contributed by atoms with Crippen LogP contribution in [0.25, 0.3) is 0 Å². The Hall–Kier alpha value is -1.42. The molecule has 1 saturated heterocycles. The van der Waals surface area contributed by atoms with Crippen LogP contribution < -0.4 is 5.32 Å². The molecule has 3 heterocycles. The Labute approximate surface area is 98.6 Å². The molecule has 3 aliphatic rings. The van der Waals surface area contributed by atoms with Crippen LogP contribution in [-0.4, -0.2) is 21.9 Å². The predicted octanol–water partition coefficient (Wildman–Crippen LogP) is 1.73. The maximum absolute atomic E-state index is 11.4. The summed E-state index contributed by atoms with van der Waals surface area (Å²) in [5.74, 6) is 1.20. The SMILES string of the molecule is O=C1CC2SCC(C3=CC=CC=CN3)=CN12. The van der Waals surface area contributed by atoms with Gasteiger partial charge in [0.15, 0.2) is 0 Å². The summed E-state index contributed by atoms with van der Waals surface area (Å²) in [7, 11) is 0. The number of β-lactam (4-membered cyclic amide) rings is 1. The summed E-state index contributed by atoms with van der Waals surface area (Å²) in [6, 6.07) is 0. The summed E-state index contributed by atoms with van der Waals surface area (Å²) in [4.78, 5) is 13.2. The Morgan fingerprint density at radius 3 is 3.19 bits per heavy atom. The highest BCUT2D eigenvalue weighted by molar-refractivity contribution is 8.00. The fourth-order valence-corrected chi connectivity index (χ4v) is 3.09. The Bertz CT molecular complexity index is 448. The molecule has 0 spiro atoms. The first-order valence-electron chi connectivity index (χ1n) is 5.28. The van der Waals surface area contributed by atoms with Crippen LogP contribution in [0.2, 0.25) is 0 Å². The number of allylic oxidation sites excluding steroid dienone is 5. The van der Waals surface area contributed by atoms with Gasteiger partial charge in [-0.3, -0.25) is 4.79 Å². The molecule has 1 N–H and O–H groups in total. The van der Waals surface area contributed by atoms with E-state index < -0.39 is 0 Å². The third-order valence-corrected chi connectivity index (χ3v) is 4.10. The maximum atomic E-state index is 11.4. The molecule has 1 amide bonds. The van der Waals surface area contributed by atoms with E-state index in [4.69, 9.17) is 0 Å². The van der Waals surface area contributed by atoms with E-state index in [1.807, 2.05) is 53.4 Å². The van der Waals surface area contributed by atoms with Crippen molar-refractivity contribution in [1.29, 1.82) is 0 Å². The largest absolute Gasteiger partial charge is 0.361 e. The van der Waals surface area contributed by atoms with Crippen LogP contribution in [0.3, 0.4) is 0 Å². The molecule has 0 saturated carbocycles. The molecule has 0 aliphatic carbocycles. The molecule has 3 rings (SSSR count). The fraction of sp³-hybridized carbons (Fsp3) is 0.250. The fourth-order valence-electron chi connectivity index (χ4n) is 1.89. The van der Waals surface area contributed by atoms with Crippen LogP contribution in [-0.2, 0) is 4.79 Å². The second-order valence-electron chi connectivity index (χ2n) is 3.89. The van der Waals surface area contributed by atoms with Crippen LogP contribution in [0.5, 0.6) is 0 Å². The molecular weight excluding hydrogens is 220 g/mol. The number of fused-ring (bicyclic) bond motifs is 1. The van der Waals surface area contributed by atoms with Gasteiger partial charge < -0.3 is 10.2 Å². The molecule has 16 heavy (non-hydrogen) atoms. The average molecular weight is 232 g/mol. The van der Waals surface area contributed by atoms with Gasteiger partial charge in [-0.2, -0.15) is 0 Å². The standard InChI is InChI=1S/C12H12N2OS/c15-11-6-12-14(11)7-9(8-16-12)10-4-2-1-3-5-13-10/h1-5,7,12-13H,6,8H2. The molecule has 0 aromatic rings. The van der Waals surface area contributed by atoms with Gasteiger partial charge in [-0.05, 0) is 12.2 Å². The molecule has 82 valence electrons. The molecular formula is C12H12N2OS. The number of rotatable bonds is 1. The number of carbonyl (C=O) groups is 1. The summed E-state index contributed by atoms with van der Waals surface area (Å²) in [5.41, 5.74) is 2.26. The Balaban J connectivity index is 1.85. The summed E-state index contributed by atoms with van der Waals surface area (Å²) in [6.45, 7) is 0. The van der Waals surface area contributed by atoms with Gasteiger partial charge in [-0.25, -0.2) is 0 Å². The summed E-state index contributed by atoms with van der Waals surface area (Å²) in [6.07, 6.45) is 12.6. The summed E-state index contributed by atoms with van der Waals surface area (Å²) in [5, 5.41) is 3.61. The minimum atomic E-state index is 0.231. The minimum Gasteiger partial charge on any atom is -0.361 e. The highest BCUT2D eigenvalue weighted by atomic mass is 32.2. The Morgan fingerprint density at radius 1 is 1.38 bits per heavy atom. The van der Waals surface area contributed by atoms with Crippen LogP contribution in [0.4, 0.5) is 0 Å². The first-order valence-corrected chi connectivity index (χ1v) is 6.33. The highest BCUT2D eigenvalue weighted by Gasteiger charge is 2.38. The molecule has 0 aromatic carbocycles. The minimum absolute atomic E-state index is 0.231. The number of nitrogens with one attached hydrogen (secondary N) is 1. The van der Waals surface area contributed by atoms with E-state index in [1.165, 1.54) is 5.57 Å². The van der Waals surface area contributed by atoms with Crippen LogP contribution in [0.15, 0.2) is 48.0 Å². The van der Waals surface area contributed by atoms with Gasteiger partial charge in [-0.15, -0.1) is 11.8 Å². The van der Waals surface area contributed by atoms with Gasteiger partial charge in [0.05, 0.1) is 11.8 Å². The molecule has 3 nitrogen and oxygen atoms in total. The zero-order chi connectivity index (χ0) is 11.0. The van der Waals surface area contributed by atoms with Crippen molar-refractivity contribution >= 4 is 17.7 Å². The van der Waals surface area contributed by atoms with Crippen molar-refractivity contribution in [2.75, 3.05) is 5.75 Å². The smallest absolute Gasteiger partial charge is 0.230 e. The third kappa shape index (κ3) is 1.59. The van der Waals surface area contributed by atoms with Gasteiger partial charge in [0.2, 0.25) is 5.91 Å². The normalized spacial score (nSPS) is 27.4. The Kier molecular flexibility index (Phi) is 2.36. The van der Waals surface area contributed by atoms with Crippen molar-refractivity contribution in [1.82, 2.24) is 10.2 Å². The number of hydrogen-bond donors (Lipinski definition) is 1. The molecule has 1 unspecified atom stereocenters. The topological polar surface area (TPSA) is 32.3 Å². The van der Waals surface area contributed by atoms with Gasteiger partial charge in [0.25, 0.3) is 0 Å². The Morgan fingerprint density at radius 2 is 2.31 bits per heavy atom. The molecule has 1 atom stereocenters. The van der Waals surface area contributed by atoms with Crippen molar-refractivity contribution in [2.45, 2.75) is 11.8 Å². The number of amides is 1. The van der Waals surface area contributed by atoms with Crippen LogP contribution in [0.1, 0.15) is 6.42 Å². The first-order chi connectivity index (χ1) is 7.84. The van der Waals surface area contributed by atoms with Crippen molar-refractivity contribution in [3.63, 3.8) is 0 Å².